The fraction of sp³-hybridized carbons (Fsp3) is 1.00. The van der Waals surface area contributed by atoms with Crippen LogP contribution in [-0.4, -0.2) is 19.3 Å². The zero-order valence-corrected chi connectivity index (χ0v) is 9.88. The van der Waals surface area contributed by atoms with Gasteiger partial charge in [0.1, 0.15) is 0 Å². The summed E-state index contributed by atoms with van der Waals surface area (Å²) in [6, 6.07) is 0. The Bertz CT molecular complexity index is 172. The minimum atomic E-state index is 0.0308. The van der Waals surface area contributed by atoms with Gasteiger partial charge in [0.25, 0.3) is 0 Å². The van der Waals surface area contributed by atoms with Crippen LogP contribution < -0.4 is 5.73 Å². The Hall–Kier alpha value is -0.0800. The average Bonchev–Trinajstić information content (AvgIpc) is 2.19. The zero-order chi connectivity index (χ0) is 10.6. The highest BCUT2D eigenvalue weighted by atomic mass is 16.5. The molecule has 0 radical (unpaired) electrons. The van der Waals surface area contributed by atoms with E-state index in [0.29, 0.717) is 11.8 Å². The first kappa shape index (κ1) is 12.0. The van der Waals surface area contributed by atoms with Gasteiger partial charge < -0.3 is 10.5 Å². The van der Waals surface area contributed by atoms with Crippen molar-refractivity contribution in [2.24, 2.45) is 17.6 Å². The molecule has 3 atom stereocenters. The van der Waals surface area contributed by atoms with E-state index in [-0.39, 0.29) is 5.54 Å². The average molecular weight is 199 g/mol. The first-order chi connectivity index (χ1) is 6.65. The molecule has 2 nitrogen and oxygen atoms in total. The number of nitrogens with two attached hydrogens (primary N) is 1. The van der Waals surface area contributed by atoms with Crippen molar-refractivity contribution in [1.82, 2.24) is 0 Å². The van der Waals surface area contributed by atoms with Gasteiger partial charge in [0.2, 0.25) is 0 Å². The molecule has 1 rings (SSSR count). The topological polar surface area (TPSA) is 35.2 Å². The highest BCUT2D eigenvalue weighted by molar-refractivity contribution is 4.97. The van der Waals surface area contributed by atoms with Crippen LogP contribution in [0.1, 0.15) is 46.0 Å². The van der Waals surface area contributed by atoms with Crippen molar-refractivity contribution in [3.63, 3.8) is 0 Å². The van der Waals surface area contributed by atoms with Gasteiger partial charge >= 0.3 is 0 Å². The van der Waals surface area contributed by atoms with Crippen LogP contribution in [0.2, 0.25) is 0 Å². The number of hydrogen-bond acceptors (Lipinski definition) is 2. The lowest BCUT2D eigenvalue weighted by Gasteiger charge is -2.45. The van der Waals surface area contributed by atoms with E-state index in [1.807, 2.05) is 0 Å². The second-order valence-corrected chi connectivity index (χ2v) is 4.82. The van der Waals surface area contributed by atoms with Crippen molar-refractivity contribution in [1.29, 1.82) is 0 Å². The third-order valence-electron chi connectivity index (χ3n) is 4.00. The van der Waals surface area contributed by atoms with E-state index >= 15 is 0 Å². The maximum atomic E-state index is 6.56. The van der Waals surface area contributed by atoms with E-state index in [2.05, 4.69) is 13.8 Å². The summed E-state index contributed by atoms with van der Waals surface area (Å²) in [4.78, 5) is 0. The summed E-state index contributed by atoms with van der Waals surface area (Å²) in [6.07, 6.45) is 6.35. The smallest absolute Gasteiger partial charge is 0.0505 e. The third kappa shape index (κ3) is 2.29. The molecule has 0 bridgehead atoms. The van der Waals surface area contributed by atoms with Crippen LogP contribution in [0.25, 0.3) is 0 Å². The number of hydrogen-bond donors (Lipinski definition) is 1. The van der Waals surface area contributed by atoms with Crippen molar-refractivity contribution in [3.05, 3.63) is 0 Å². The molecule has 14 heavy (non-hydrogen) atoms. The molecule has 0 aromatic carbocycles. The molecule has 1 fully saturated rings. The second-order valence-electron chi connectivity index (χ2n) is 4.82. The Balaban J connectivity index is 2.66. The lowest BCUT2D eigenvalue weighted by molar-refractivity contribution is 0.0576. The lowest BCUT2D eigenvalue weighted by Crippen LogP contribution is -2.55. The molecule has 0 aromatic rings. The SMILES string of the molecule is CCC1CCCCC1(N)C(C)COC. The minimum Gasteiger partial charge on any atom is -0.384 e. The van der Waals surface area contributed by atoms with Gasteiger partial charge in [0.05, 0.1) is 6.61 Å². The molecule has 2 N–H and O–H groups in total. The Morgan fingerprint density at radius 3 is 2.79 bits per heavy atom. The van der Waals surface area contributed by atoms with Gasteiger partial charge in [-0.2, -0.15) is 0 Å². The number of rotatable bonds is 4. The zero-order valence-electron chi connectivity index (χ0n) is 9.88. The summed E-state index contributed by atoms with van der Waals surface area (Å²) >= 11 is 0. The standard InChI is InChI=1S/C12H25NO/c1-4-11-7-5-6-8-12(11,13)10(2)9-14-3/h10-11H,4-9,13H2,1-3H3. The predicted molar refractivity (Wildman–Crippen MR) is 60.2 cm³/mol. The van der Waals surface area contributed by atoms with Gasteiger partial charge in [0.15, 0.2) is 0 Å². The Kier molecular flexibility index (Phi) is 4.39. The molecule has 2 heteroatoms. The van der Waals surface area contributed by atoms with E-state index in [1.54, 1.807) is 7.11 Å². The van der Waals surface area contributed by atoms with Crippen LogP contribution in [-0.2, 0) is 4.74 Å². The highest BCUT2D eigenvalue weighted by Gasteiger charge is 2.40. The van der Waals surface area contributed by atoms with Crippen LogP contribution in [0, 0.1) is 11.8 Å². The fourth-order valence-corrected chi connectivity index (χ4v) is 2.93. The predicted octanol–water partition coefficient (Wildman–Crippen LogP) is 2.57. The van der Waals surface area contributed by atoms with Crippen molar-refractivity contribution < 1.29 is 4.74 Å². The monoisotopic (exact) mass is 199 g/mol. The van der Waals surface area contributed by atoms with E-state index in [0.717, 1.165) is 6.61 Å². The largest absolute Gasteiger partial charge is 0.384 e. The van der Waals surface area contributed by atoms with Crippen LogP contribution in [0.4, 0.5) is 0 Å². The first-order valence-corrected chi connectivity index (χ1v) is 5.93. The van der Waals surface area contributed by atoms with Crippen molar-refractivity contribution in [2.75, 3.05) is 13.7 Å². The molecule has 0 spiro atoms. The number of methoxy groups -OCH3 is 1. The third-order valence-corrected chi connectivity index (χ3v) is 4.00. The fourth-order valence-electron chi connectivity index (χ4n) is 2.93. The normalized spacial score (nSPS) is 35.6. The molecular weight excluding hydrogens is 174 g/mol. The maximum Gasteiger partial charge on any atom is 0.0505 e. The van der Waals surface area contributed by atoms with E-state index in [4.69, 9.17) is 10.5 Å². The molecule has 0 aromatic heterocycles. The second kappa shape index (κ2) is 5.13. The molecule has 1 saturated carbocycles. The van der Waals surface area contributed by atoms with Crippen LogP contribution in [0.15, 0.2) is 0 Å². The van der Waals surface area contributed by atoms with Gasteiger partial charge in [-0.25, -0.2) is 0 Å². The Morgan fingerprint density at radius 2 is 2.21 bits per heavy atom. The maximum absolute atomic E-state index is 6.56. The summed E-state index contributed by atoms with van der Waals surface area (Å²) < 4.78 is 5.23. The summed E-state index contributed by atoms with van der Waals surface area (Å²) in [5.41, 5.74) is 6.59. The number of ether oxygens (including phenoxy) is 1. The van der Waals surface area contributed by atoms with Crippen molar-refractivity contribution in [2.45, 2.75) is 51.5 Å². The molecule has 0 aliphatic heterocycles. The van der Waals surface area contributed by atoms with E-state index in [1.165, 1.54) is 32.1 Å². The molecule has 0 heterocycles. The summed E-state index contributed by atoms with van der Waals surface area (Å²) in [5.74, 6) is 1.18. The van der Waals surface area contributed by atoms with Crippen molar-refractivity contribution >= 4 is 0 Å². The van der Waals surface area contributed by atoms with Gasteiger partial charge in [-0.15, -0.1) is 0 Å². The van der Waals surface area contributed by atoms with Crippen LogP contribution in [0.5, 0.6) is 0 Å². The molecule has 1 aliphatic carbocycles. The Labute approximate surface area is 88.2 Å². The molecule has 3 unspecified atom stereocenters. The van der Waals surface area contributed by atoms with Gasteiger partial charge in [0, 0.05) is 12.6 Å². The first-order valence-electron chi connectivity index (χ1n) is 5.93. The summed E-state index contributed by atoms with van der Waals surface area (Å²) in [7, 11) is 1.77. The van der Waals surface area contributed by atoms with Gasteiger partial charge in [-0.05, 0) is 24.7 Å². The molecular formula is C12H25NO. The van der Waals surface area contributed by atoms with E-state index < -0.39 is 0 Å². The lowest BCUT2D eigenvalue weighted by atomic mass is 9.66. The summed E-state index contributed by atoms with van der Waals surface area (Å²) in [6.45, 7) is 5.29. The quantitative estimate of drug-likeness (QED) is 0.755. The highest BCUT2D eigenvalue weighted by Crippen LogP contribution is 2.38. The van der Waals surface area contributed by atoms with E-state index in [9.17, 15) is 0 Å². The summed E-state index contributed by atoms with van der Waals surface area (Å²) in [5, 5.41) is 0. The molecule has 0 saturated heterocycles. The molecule has 84 valence electrons. The van der Waals surface area contributed by atoms with Gasteiger partial charge in [-0.1, -0.05) is 33.1 Å². The van der Waals surface area contributed by atoms with Crippen molar-refractivity contribution in [3.8, 4) is 0 Å². The van der Waals surface area contributed by atoms with Crippen LogP contribution >= 0.6 is 0 Å². The minimum absolute atomic E-state index is 0.0308. The molecule has 0 amide bonds. The Morgan fingerprint density at radius 1 is 1.50 bits per heavy atom. The van der Waals surface area contributed by atoms with Crippen LogP contribution in [0.3, 0.4) is 0 Å². The molecule has 1 aliphatic rings. The van der Waals surface area contributed by atoms with Gasteiger partial charge in [-0.3, -0.25) is 0 Å².